The predicted molar refractivity (Wildman–Crippen MR) is 109 cm³/mol. The van der Waals surface area contributed by atoms with Crippen LogP contribution in [0.3, 0.4) is 0 Å². The first-order valence-electron chi connectivity index (χ1n) is 8.32. The fourth-order valence-corrected chi connectivity index (χ4v) is 3.15. The summed E-state index contributed by atoms with van der Waals surface area (Å²) in [6.45, 7) is 2.81. The molecule has 1 amide bonds. The van der Waals surface area contributed by atoms with Gasteiger partial charge in [0.1, 0.15) is 6.61 Å². The minimum Gasteiger partial charge on any atom is -0.490 e. The number of thioether (sulfide) groups is 1. The van der Waals surface area contributed by atoms with E-state index in [0.29, 0.717) is 40.7 Å². The van der Waals surface area contributed by atoms with Crippen molar-refractivity contribution >= 4 is 40.7 Å². The molecule has 0 aliphatic carbocycles. The molecule has 0 unspecified atom stereocenters. The Balaban J connectivity index is 1.69. The van der Waals surface area contributed by atoms with Crippen LogP contribution in [0.4, 0.5) is 0 Å². The zero-order chi connectivity index (χ0) is 19.1. The van der Waals surface area contributed by atoms with Gasteiger partial charge in [-0.3, -0.25) is 4.79 Å². The third-order valence-corrected chi connectivity index (χ3v) is 4.59. The standard InChI is InChI=1S/C19H18ClN3O3S/c1-2-25-17-9-13(10-21-23-19-22-18(24)12-27-19)6-7-16(17)26-11-14-4-3-5-15(20)8-14/h3-10H,2,11-12H2,1H3,(H,22,23,24). The molecule has 1 N–H and O–H groups in total. The van der Waals surface area contributed by atoms with E-state index in [2.05, 4.69) is 15.5 Å². The van der Waals surface area contributed by atoms with Crippen molar-refractivity contribution in [3.63, 3.8) is 0 Å². The first kappa shape index (κ1) is 19.3. The summed E-state index contributed by atoms with van der Waals surface area (Å²) in [5.74, 6) is 1.58. The molecule has 0 atom stereocenters. The molecule has 6 nitrogen and oxygen atoms in total. The number of ether oxygens (including phenoxy) is 2. The van der Waals surface area contributed by atoms with Gasteiger partial charge in [0.2, 0.25) is 5.91 Å². The summed E-state index contributed by atoms with van der Waals surface area (Å²) in [6, 6.07) is 13.0. The summed E-state index contributed by atoms with van der Waals surface area (Å²) in [7, 11) is 0. The van der Waals surface area contributed by atoms with Crippen molar-refractivity contribution in [2.24, 2.45) is 10.2 Å². The Morgan fingerprint density at radius 1 is 1.22 bits per heavy atom. The molecule has 0 saturated carbocycles. The van der Waals surface area contributed by atoms with E-state index in [9.17, 15) is 4.79 Å². The molecule has 1 saturated heterocycles. The average molecular weight is 404 g/mol. The van der Waals surface area contributed by atoms with Gasteiger partial charge in [-0.1, -0.05) is 35.5 Å². The summed E-state index contributed by atoms with van der Waals surface area (Å²) in [6.07, 6.45) is 1.60. The van der Waals surface area contributed by atoms with Crippen LogP contribution in [0.25, 0.3) is 0 Å². The molecule has 1 fully saturated rings. The van der Waals surface area contributed by atoms with E-state index in [4.69, 9.17) is 21.1 Å². The van der Waals surface area contributed by atoms with E-state index in [0.717, 1.165) is 11.1 Å². The lowest BCUT2D eigenvalue weighted by Gasteiger charge is -2.12. The maximum Gasteiger partial charge on any atom is 0.236 e. The Morgan fingerprint density at radius 2 is 2.11 bits per heavy atom. The van der Waals surface area contributed by atoms with Gasteiger partial charge in [-0.25, -0.2) is 0 Å². The minimum absolute atomic E-state index is 0.0613. The highest BCUT2D eigenvalue weighted by atomic mass is 35.5. The molecule has 2 aromatic rings. The summed E-state index contributed by atoms with van der Waals surface area (Å²) < 4.78 is 11.6. The van der Waals surface area contributed by atoms with Crippen molar-refractivity contribution in [3.8, 4) is 11.5 Å². The van der Waals surface area contributed by atoms with Gasteiger partial charge in [-0.15, -0.1) is 5.10 Å². The van der Waals surface area contributed by atoms with Crippen molar-refractivity contribution in [2.45, 2.75) is 13.5 Å². The third-order valence-electron chi connectivity index (χ3n) is 3.49. The Bertz CT molecular complexity index is 886. The van der Waals surface area contributed by atoms with Gasteiger partial charge in [-0.05, 0) is 48.4 Å². The van der Waals surface area contributed by atoms with E-state index >= 15 is 0 Å². The molecule has 0 bridgehead atoms. The average Bonchev–Trinajstić information content (AvgIpc) is 3.06. The van der Waals surface area contributed by atoms with Gasteiger partial charge in [-0.2, -0.15) is 5.10 Å². The topological polar surface area (TPSA) is 72.3 Å². The van der Waals surface area contributed by atoms with Crippen LogP contribution in [0.15, 0.2) is 52.7 Å². The number of nitrogens with zero attached hydrogens (tertiary/aromatic N) is 2. The Hall–Kier alpha value is -2.51. The lowest BCUT2D eigenvalue weighted by molar-refractivity contribution is -0.116. The number of nitrogens with one attached hydrogen (secondary N) is 1. The molecule has 27 heavy (non-hydrogen) atoms. The minimum atomic E-state index is -0.0613. The molecule has 140 valence electrons. The molecule has 3 rings (SSSR count). The van der Waals surface area contributed by atoms with Crippen molar-refractivity contribution in [1.82, 2.24) is 5.32 Å². The number of carbonyl (C=O) groups excluding carboxylic acids is 1. The fourth-order valence-electron chi connectivity index (χ4n) is 2.31. The number of carbonyl (C=O) groups is 1. The van der Waals surface area contributed by atoms with Gasteiger partial charge >= 0.3 is 0 Å². The lowest BCUT2D eigenvalue weighted by Crippen LogP contribution is -2.19. The van der Waals surface area contributed by atoms with Crippen molar-refractivity contribution < 1.29 is 14.3 Å². The lowest BCUT2D eigenvalue weighted by atomic mass is 10.2. The van der Waals surface area contributed by atoms with Crippen molar-refractivity contribution in [2.75, 3.05) is 12.4 Å². The summed E-state index contributed by atoms with van der Waals surface area (Å²) in [5.41, 5.74) is 1.79. The Kier molecular flexibility index (Phi) is 6.73. The van der Waals surface area contributed by atoms with Gasteiger partial charge in [0, 0.05) is 5.02 Å². The second-order valence-electron chi connectivity index (χ2n) is 5.54. The van der Waals surface area contributed by atoms with Gasteiger partial charge in [0.05, 0.1) is 18.6 Å². The highest BCUT2D eigenvalue weighted by molar-refractivity contribution is 8.15. The SMILES string of the molecule is CCOc1cc(C=NN=C2NC(=O)CS2)ccc1OCc1cccc(Cl)c1. The zero-order valence-corrected chi connectivity index (χ0v) is 16.2. The van der Waals surface area contributed by atoms with Crippen LogP contribution in [0.5, 0.6) is 11.5 Å². The largest absolute Gasteiger partial charge is 0.490 e. The molecular formula is C19H18ClN3O3S. The first-order valence-corrected chi connectivity index (χ1v) is 9.68. The van der Waals surface area contributed by atoms with E-state index < -0.39 is 0 Å². The van der Waals surface area contributed by atoms with Gasteiger partial charge in [0.15, 0.2) is 16.7 Å². The number of amidine groups is 1. The first-order chi connectivity index (χ1) is 13.1. The predicted octanol–water partition coefficient (Wildman–Crippen LogP) is 3.87. The van der Waals surface area contributed by atoms with Crippen LogP contribution in [-0.2, 0) is 11.4 Å². The molecule has 0 radical (unpaired) electrons. The number of amides is 1. The van der Waals surface area contributed by atoms with Crippen molar-refractivity contribution in [1.29, 1.82) is 0 Å². The molecule has 0 aromatic heterocycles. The maximum absolute atomic E-state index is 11.1. The summed E-state index contributed by atoms with van der Waals surface area (Å²) in [5, 5.41) is 11.8. The molecule has 1 aliphatic rings. The summed E-state index contributed by atoms with van der Waals surface area (Å²) >= 11 is 7.33. The van der Waals surface area contributed by atoms with E-state index in [1.54, 1.807) is 6.21 Å². The summed E-state index contributed by atoms with van der Waals surface area (Å²) in [4.78, 5) is 11.1. The van der Waals surface area contributed by atoms with Gasteiger partial charge in [0.25, 0.3) is 0 Å². The number of halogens is 1. The molecule has 2 aromatic carbocycles. The second kappa shape index (κ2) is 9.43. The third kappa shape index (κ3) is 5.74. The molecule has 1 aliphatic heterocycles. The van der Waals surface area contributed by atoms with E-state index in [1.807, 2.05) is 49.4 Å². The van der Waals surface area contributed by atoms with Crippen LogP contribution < -0.4 is 14.8 Å². The maximum atomic E-state index is 11.1. The van der Waals surface area contributed by atoms with Gasteiger partial charge < -0.3 is 14.8 Å². The molecule has 1 heterocycles. The number of hydrogen-bond donors (Lipinski definition) is 1. The van der Waals surface area contributed by atoms with Crippen molar-refractivity contribution in [3.05, 3.63) is 58.6 Å². The monoisotopic (exact) mass is 403 g/mol. The van der Waals surface area contributed by atoms with E-state index in [1.165, 1.54) is 11.8 Å². The van der Waals surface area contributed by atoms with Crippen LogP contribution in [0.2, 0.25) is 5.02 Å². The van der Waals surface area contributed by atoms with Crippen LogP contribution in [0.1, 0.15) is 18.1 Å². The molecule has 8 heteroatoms. The highest BCUT2D eigenvalue weighted by Crippen LogP contribution is 2.29. The normalized spacial score (nSPS) is 15.3. The van der Waals surface area contributed by atoms with Crippen LogP contribution in [0, 0.1) is 0 Å². The van der Waals surface area contributed by atoms with Crippen LogP contribution in [-0.4, -0.2) is 29.6 Å². The number of rotatable bonds is 7. The molecule has 0 spiro atoms. The molecular weight excluding hydrogens is 386 g/mol. The number of benzene rings is 2. The number of hydrogen-bond acceptors (Lipinski definition) is 6. The Labute approximate surface area is 166 Å². The fraction of sp³-hybridized carbons (Fsp3) is 0.211. The zero-order valence-electron chi connectivity index (χ0n) is 14.6. The second-order valence-corrected chi connectivity index (χ2v) is 6.94. The Morgan fingerprint density at radius 3 is 2.85 bits per heavy atom. The quantitative estimate of drug-likeness (QED) is 0.562. The smallest absolute Gasteiger partial charge is 0.236 e. The highest BCUT2D eigenvalue weighted by Gasteiger charge is 2.16. The van der Waals surface area contributed by atoms with E-state index in [-0.39, 0.29) is 5.91 Å². The van der Waals surface area contributed by atoms with Crippen LogP contribution >= 0.6 is 23.4 Å².